The predicted molar refractivity (Wildman–Crippen MR) is 101 cm³/mol. The van der Waals surface area contributed by atoms with Gasteiger partial charge in [0.15, 0.2) is 11.6 Å². The Bertz CT molecular complexity index is 980. The van der Waals surface area contributed by atoms with Gasteiger partial charge in [-0.05, 0) is 38.2 Å². The lowest BCUT2D eigenvalue weighted by Gasteiger charge is -2.25. The minimum absolute atomic E-state index is 0.0683. The van der Waals surface area contributed by atoms with Crippen LogP contribution < -0.4 is 15.1 Å². The molecule has 1 aromatic heterocycles. The van der Waals surface area contributed by atoms with Crippen LogP contribution in [0, 0.1) is 11.7 Å². The quantitative estimate of drug-likeness (QED) is 0.868. The maximum Gasteiger partial charge on any atom is 0.341 e. The van der Waals surface area contributed by atoms with Gasteiger partial charge < -0.3 is 19.3 Å². The predicted octanol–water partition coefficient (Wildman–Crippen LogP) is 3.42. The first-order valence-corrected chi connectivity index (χ1v) is 9.44. The van der Waals surface area contributed by atoms with E-state index in [4.69, 9.17) is 4.74 Å². The zero-order valence-electron chi connectivity index (χ0n) is 15.5. The summed E-state index contributed by atoms with van der Waals surface area (Å²) < 4.78 is 22.8. The summed E-state index contributed by atoms with van der Waals surface area (Å²) >= 11 is 0. The maximum absolute atomic E-state index is 15.1. The van der Waals surface area contributed by atoms with Gasteiger partial charge in [0, 0.05) is 25.3 Å². The number of aromatic carboxylic acids is 1. The van der Waals surface area contributed by atoms with Crippen molar-refractivity contribution < 1.29 is 19.0 Å². The van der Waals surface area contributed by atoms with Crippen molar-refractivity contribution in [3.63, 3.8) is 0 Å². The standard InChI is InChI=1S/C20H23FN2O4/c1-3-27-19-16-13(8-15(21)17(19)22-7-6-11(2)9-22)18(24)14(20(25)26)10-23(16)12-4-5-12/h8,10-12H,3-7,9H2,1-2H3,(H,25,26). The van der Waals surface area contributed by atoms with Gasteiger partial charge >= 0.3 is 5.97 Å². The molecule has 0 amide bonds. The second-order valence-electron chi connectivity index (χ2n) is 7.52. The van der Waals surface area contributed by atoms with E-state index >= 15 is 4.39 Å². The zero-order chi connectivity index (χ0) is 19.3. The van der Waals surface area contributed by atoms with Crippen LogP contribution in [0.4, 0.5) is 10.1 Å². The van der Waals surface area contributed by atoms with E-state index in [9.17, 15) is 14.7 Å². The minimum atomic E-state index is -1.30. The van der Waals surface area contributed by atoms with Crippen LogP contribution in [-0.4, -0.2) is 35.3 Å². The lowest BCUT2D eigenvalue weighted by Crippen LogP contribution is -2.24. The van der Waals surface area contributed by atoms with E-state index in [1.54, 1.807) is 4.57 Å². The molecule has 1 aliphatic carbocycles. The molecule has 4 rings (SSSR count). The van der Waals surface area contributed by atoms with E-state index < -0.39 is 17.2 Å². The third-order valence-corrected chi connectivity index (χ3v) is 5.40. The molecular formula is C20H23FN2O4. The summed E-state index contributed by atoms with van der Waals surface area (Å²) in [5, 5.41) is 9.47. The van der Waals surface area contributed by atoms with Crippen molar-refractivity contribution in [1.29, 1.82) is 0 Å². The van der Waals surface area contributed by atoms with Gasteiger partial charge in [-0.2, -0.15) is 0 Å². The molecular weight excluding hydrogens is 351 g/mol. The monoisotopic (exact) mass is 374 g/mol. The first-order chi connectivity index (χ1) is 12.9. The van der Waals surface area contributed by atoms with Crippen LogP contribution >= 0.6 is 0 Å². The molecule has 1 atom stereocenters. The Kier molecular flexibility index (Phi) is 4.32. The van der Waals surface area contributed by atoms with Crippen molar-refractivity contribution in [3.8, 4) is 5.75 Å². The molecule has 1 aromatic carbocycles. The molecule has 0 spiro atoms. The van der Waals surface area contributed by atoms with Crippen LogP contribution in [-0.2, 0) is 0 Å². The summed E-state index contributed by atoms with van der Waals surface area (Å²) in [4.78, 5) is 26.2. The third kappa shape index (κ3) is 2.95. The smallest absolute Gasteiger partial charge is 0.341 e. The number of carboxylic acid groups (broad SMARTS) is 1. The molecule has 2 aromatic rings. The highest BCUT2D eigenvalue weighted by atomic mass is 19.1. The van der Waals surface area contributed by atoms with Crippen LogP contribution in [0.3, 0.4) is 0 Å². The second kappa shape index (κ2) is 6.55. The third-order valence-electron chi connectivity index (χ3n) is 5.40. The molecule has 2 aliphatic rings. The summed E-state index contributed by atoms with van der Waals surface area (Å²) in [6, 6.07) is 1.30. The largest absolute Gasteiger partial charge is 0.489 e. The lowest BCUT2D eigenvalue weighted by atomic mass is 10.1. The number of carbonyl (C=O) groups is 1. The van der Waals surface area contributed by atoms with Gasteiger partial charge in [-0.1, -0.05) is 6.92 Å². The van der Waals surface area contributed by atoms with Gasteiger partial charge in [0.25, 0.3) is 0 Å². The number of benzene rings is 1. The number of hydrogen-bond donors (Lipinski definition) is 1. The Morgan fingerprint density at radius 1 is 1.37 bits per heavy atom. The van der Waals surface area contributed by atoms with Crippen molar-refractivity contribution in [1.82, 2.24) is 4.57 Å². The molecule has 1 N–H and O–H groups in total. The Balaban J connectivity index is 2.06. The molecule has 0 bridgehead atoms. The topological polar surface area (TPSA) is 71.8 Å². The molecule has 6 nitrogen and oxygen atoms in total. The second-order valence-corrected chi connectivity index (χ2v) is 7.52. The SMILES string of the molecule is CCOc1c(N2CCC(C)C2)c(F)cc2c(=O)c(C(=O)O)cn(C3CC3)c12. The average molecular weight is 374 g/mol. The molecule has 0 radical (unpaired) electrons. The first kappa shape index (κ1) is 17.8. The highest BCUT2D eigenvalue weighted by Crippen LogP contribution is 2.44. The fraction of sp³-hybridized carbons (Fsp3) is 0.500. The van der Waals surface area contributed by atoms with E-state index in [-0.39, 0.29) is 17.0 Å². The fourth-order valence-corrected chi connectivity index (χ4v) is 3.95. The molecule has 144 valence electrons. The van der Waals surface area contributed by atoms with Crippen molar-refractivity contribution >= 4 is 22.6 Å². The molecule has 2 fully saturated rings. The van der Waals surface area contributed by atoms with Gasteiger partial charge in [-0.15, -0.1) is 0 Å². The summed E-state index contributed by atoms with van der Waals surface area (Å²) in [5.41, 5.74) is -0.120. The minimum Gasteiger partial charge on any atom is -0.489 e. The molecule has 2 heterocycles. The normalized spacial score (nSPS) is 19.7. The number of nitrogens with zero attached hydrogens (tertiary/aromatic N) is 2. The van der Waals surface area contributed by atoms with Crippen LogP contribution in [0.5, 0.6) is 5.75 Å². The van der Waals surface area contributed by atoms with Crippen molar-refractivity contribution in [2.45, 2.75) is 39.2 Å². The van der Waals surface area contributed by atoms with Crippen molar-refractivity contribution in [2.75, 3.05) is 24.6 Å². The molecule has 7 heteroatoms. The van der Waals surface area contributed by atoms with Crippen LogP contribution in [0.1, 0.15) is 49.5 Å². The van der Waals surface area contributed by atoms with E-state index in [1.165, 1.54) is 12.3 Å². The number of rotatable bonds is 5. The summed E-state index contributed by atoms with van der Waals surface area (Å²) in [6.45, 7) is 5.72. The Morgan fingerprint density at radius 2 is 2.11 bits per heavy atom. The van der Waals surface area contributed by atoms with Gasteiger partial charge in [0.1, 0.15) is 11.3 Å². The number of aromatic nitrogens is 1. The van der Waals surface area contributed by atoms with Gasteiger partial charge in [-0.25, -0.2) is 9.18 Å². The Hall–Kier alpha value is -2.57. The average Bonchev–Trinajstić information content (AvgIpc) is 3.37. The van der Waals surface area contributed by atoms with Crippen LogP contribution in [0.25, 0.3) is 10.9 Å². The molecule has 27 heavy (non-hydrogen) atoms. The maximum atomic E-state index is 15.1. The number of fused-ring (bicyclic) bond motifs is 1. The van der Waals surface area contributed by atoms with E-state index in [1.807, 2.05) is 11.8 Å². The molecule has 1 aliphatic heterocycles. The Morgan fingerprint density at radius 3 is 2.67 bits per heavy atom. The molecule has 1 saturated carbocycles. The number of carboxylic acids is 1. The number of hydrogen-bond acceptors (Lipinski definition) is 4. The van der Waals surface area contributed by atoms with Gasteiger partial charge in [0.05, 0.1) is 17.5 Å². The highest BCUT2D eigenvalue weighted by Gasteiger charge is 2.32. The number of anilines is 1. The van der Waals surface area contributed by atoms with Gasteiger partial charge in [0.2, 0.25) is 5.43 Å². The fourth-order valence-electron chi connectivity index (χ4n) is 3.95. The number of ether oxygens (including phenoxy) is 1. The zero-order valence-corrected chi connectivity index (χ0v) is 15.5. The van der Waals surface area contributed by atoms with E-state index in [2.05, 4.69) is 6.92 Å². The Labute approximate surface area is 156 Å². The van der Waals surface area contributed by atoms with E-state index in [0.29, 0.717) is 29.5 Å². The molecule has 1 saturated heterocycles. The van der Waals surface area contributed by atoms with E-state index in [0.717, 1.165) is 32.4 Å². The lowest BCUT2D eigenvalue weighted by molar-refractivity contribution is 0.0695. The summed E-state index contributed by atoms with van der Waals surface area (Å²) in [5.74, 6) is -1.04. The summed E-state index contributed by atoms with van der Waals surface area (Å²) in [7, 11) is 0. The van der Waals surface area contributed by atoms with Crippen molar-refractivity contribution in [2.24, 2.45) is 5.92 Å². The molecule has 1 unspecified atom stereocenters. The highest BCUT2D eigenvalue weighted by molar-refractivity contribution is 5.97. The summed E-state index contributed by atoms with van der Waals surface area (Å²) in [6.07, 6.45) is 4.16. The first-order valence-electron chi connectivity index (χ1n) is 9.44. The van der Waals surface area contributed by atoms with Crippen molar-refractivity contribution in [3.05, 3.63) is 33.9 Å². The number of pyridine rings is 1. The van der Waals surface area contributed by atoms with Crippen LogP contribution in [0.2, 0.25) is 0 Å². The van der Waals surface area contributed by atoms with Gasteiger partial charge in [-0.3, -0.25) is 4.79 Å². The number of halogens is 1. The van der Waals surface area contributed by atoms with Crippen LogP contribution in [0.15, 0.2) is 17.1 Å².